The molecule has 0 radical (unpaired) electrons. The average Bonchev–Trinajstić information content (AvgIpc) is 3.32. The van der Waals surface area contributed by atoms with Crippen LogP contribution in [0.1, 0.15) is 43.6 Å². The summed E-state index contributed by atoms with van der Waals surface area (Å²) in [4.78, 5) is 47.4. The number of thioether (sulfide) groups is 1. The van der Waals surface area contributed by atoms with Gasteiger partial charge in [0, 0.05) is 47.6 Å². The van der Waals surface area contributed by atoms with E-state index in [0.717, 1.165) is 31.1 Å². The summed E-state index contributed by atoms with van der Waals surface area (Å²) in [7, 11) is 0. The van der Waals surface area contributed by atoms with Crippen molar-refractivity contribution in [1.29, 1.82) is 0 Å². The van der Waals surface area contributed by atoms with E-state index in [1.54, 1.807) is 6.92 Å². The van der Waals surface area contributed by atoms with Gasteiger partial charge in [0.25, 0.3) is 5.91 Å². The summed E-state index contributed by atoms with van der Waals surface area (Å²) in [6.45, 7) is 6.43. The number of carboxylic acids is 1. The third kappa shape index (κ3) is 4.32. The van der Waals surface area contributed by atoms with Crippen LogP contribution in [0, 0.1) is 11.8 Å². The van der Waals surface area contributed by atoms with Crippen molar-refractivity contribution in [1.82, 2.24) is 14.8 Å². The number of anilines is 1. The Hall–Kier alpha value is -1.11. The van der Waals surface area contributed by atoms with Gasteiger partial charge in [-0.3, -0.25) is 9.59 Å². The van der Waals surface area contributed by atoms with E-state index >= 15 is 0 Å². The molecule has 178 valence electrons. The number of piperidine rings is 1. The Morgan fingerprint density at radius 3 is 2.56 bits per heavy atom. The molecule has 3 saturated heterocycles. The zero-order valence-electron chi connectivity index (χ0n) is 19.6. The van der Waals surface area contributed by atoms with Crippen LogP contribution >= 0.6 is 23.1 Å². The summed E-state index contributed by atoms with van der Waals surface area (Å²) in [5.41, 5.74) is 0.452. The molecular weight excluding hydrogens is 487 g/mol. The minimum absolute atomic E-state index is 0. The number of carboxylic acid groups (broad SMARTS) is 1. The first-order chi connectivity index (χ1) is 15.8. The smallest absolute Gasteiger partial charge is 0.543 e. The summed E-state index contributed by atoms with van der Waals surface area (Å²) >= 11 is 2.93. The van der Waals surface area contributed by atoms with Gasteiger partial charge in [-0.25, -0.2) is 4.98 Å². The number of hydrogen-bond donors (Lipinski definition) is 1. The molecule has 0 bridgehead atoms. The molecule has 0 saturated carbocycles. The van der Waals surface area contributed by atoms with E-state index in [1.807, 2.05) is 17.2 Å². The van der Waals surface area contributed by atoms with Gasteiger partial charge in [-0.2, -0.15) is 0 Å². The number of fused-ring (bicyclic) bond motifs is 1. The molecule has 12 heteroatoms. The van der Waals surface area contributed by atoms with Crippen molar-refractivity contribution >= 4 is 46.0 Å². The van der Waals surface area contributed by atoms with Crippen LogP contribution in [0.5, 0.6) is 0 Å². The van der Waals surface area contributed by atoms with Gasteiger partial charge in [-0.05, 0) is 26.2 Å². The number of aliphatic carboxylic acids is 1. The Kier molecular flexibility index (Phi) is 7.71. The van der Waals surface area contributed by atoms with E-state index in [-0.39, 0.29) is 64.3 Å². The summed E-state index contributed by atoms with van der Waals surface area (Å²) in [6.07, 6.45) is 2.43. The zero-order chi connectivity index (χ0) is 23.4. The number of aromatic nitrogens is 1. The fraction of sp³-hybridized carbons (Fsp3) is 0.636. The molecule has 9 nitrogen and oxygen atoms in total. The van der Waals surface area contributed by atoms with Crippen LogP contribution in [0.3, 0.4) is 0 Å². The van der Waals surface area contributed by atoms with Gasteiger partial charge < -0.3 is 29.7 Å². The number of thiazole rings is 1. The average molecular weight is 515 g/mol. The van der Waals surface area contributed by atoms with Gasteiger partial charge in [0.15, 0.2) is 5.13 Å². The number of amides is 2. The Morgan fingerprint density at radius 1 is 1.26 bits per heavy atom. The number of hydrogen-bond acceptors (Lipinski definition) is 9. The molecule has 1 N–H and O–H groups in total. The van der Waals surface area contributed by atoms with Crippen LogP contribution in [-0.2, 0) is 9.59 Å². The Balaban J connectivity index is 0.00000274. The van der Waals surface area contributed by atoms with Crippen molar-refractivity contribution in [3.05, 3.63) is 21.7 Å². The monoisotopic (exact) mass is 514 g/mol. The van der Waals surface area contributed by atoms with Gasteiger partial charge in [-0.15, -0.1) is 23.1 Å². The Morgan fingerprint density at radius 2 is 1.94 bits per heavy atom. The molecule has 0 aromatic carbocycles. The van der Waals surface area contributed by atoms with Gasteiger partial charge in [-0.1, -0.05) is 6.92 Å². The molecule has 0 aliphatic carbocycles. The standard InChI is InChI=1S/C22H28N4O5S2.Na/c1-11-16-15(12(2)27)20(29)26(16)17(21(30)31)18(11)33-13-8-25(9-13)22-23-14(10-32-22)19(28)24-6-4-3-5-7-24;/h10-13,15-16,27H,3-9H2,1-2H3,(H,30,31);/q;+1/p-1/t11-,12-,15-,16-;/m1./s1. The fourth-order valence-electron chi connectivity index (χ4n) is 5.28. The molecule has 0 spiro atoms. The molecule has 4 aliphatic rings. The van der Waals surface area contributed by atoms with Crippen LogP contribution in [0.2, 0.25) is 0 Å². The van der Waals surface area contributed by atoms with Crippen molar-refractivity contribution in [2.24, 2.45) is 11.8 Å². The predicted molar refractivity (Wildman–Crippen MR) is 122 cm³/mol. The second kappa shape index (κ2) is 10.1. The molecule has 5 heterocycles. The molecule has 4 atom stereocenters. The topological polar surface area (TPSA) is 117 Å². The van der Waals surface area contributed by atoms with Crippen LogP contribution in [-0.4, -0.2) is 81.2 Å². The van der Waals surface area contributed by atoms with E-state index in [1.165, 1.54) is 34.4 Å². The number of nitrogens with zero attached hydrogens (tertiary/aromatic N) is 4. The van der Waals surface area contributed by atoms with E-state index in [4.69, 9.17) is 0 Å². The minimum atomic E-state index is -1.35. The van der Waals surface area contributed by atoms with Crippen LogP contribution in [0.15, 0.2) is 16.0 Å². The fourth-order valence-corrected chi connectivity index (χ4v) is 7.62. The quantitative estimate of drug-likeness (QED) is 0.328. The zero-order valence-corrected chi connectivity index (χ0v) is 23.2. The summed E-state index contributed by atoms with van der Waals surface area (Å²) in [5, 5.41) is 24.6. The molecule has 1 aromatic heterocycles. The Bertz CT molecular complexity index is 1020. The van der Waals surface area contributed by atoms with Gasteiger partial charge in [0.1, 0.15) is 5.69 Å². The van der Waals surface area contributed by atoms with Gasteiger partial charge in [0.05, 0.1) is 29.7 Å². The van der Waals surface area contributed by atoms with E-state index < -0.39 is 18.0 Å². The second-order valence-electron chi connectivity index (χ2n) is 9.27. The number of carbonyl (C=O) groups is 3. The van der Waals surface area contributed by atoms with Gasteiger partial charge >= 0.3 is 29.6 Å². The van der Waals surface area contributed by atoms with Crippen LogP contribution < -0.4 is 39.6 Å². The molecule has 3 fully saturated rings. The predicted octanol–water partition coefficient (Wildman–Crippen LogP) is -2.49. The maximum atomic E-state index is 12.7. The van der Waals surface area contributed by atoms with E-state index in [2.05, 4.69) is 9.88 Å². The van der Waals surface area contributed by atoms with Crippen LogP contribution in [0.4, 0.5) is 5.13 Å². The minimum Gasteiger partial charge on any atom is -0.543 e. The first kappa shape index (κ1) is 26.0. The Labute approximate surface area is 228 Å². The first-order valence-electron chi connectivity index (χ1n) is 11.4. The molecular formula is C22H27N4NaO5S2. The first-order valence-corrected chi connectivity index (χ1v) is 13.2. The largest absolute Gasteiger partial charge is 1.00 e. The van der Waals surface area contributed by atoms with Crippen molar-refractivity contribution < 1.29 is 54.2 Å². The van der Waals surface area contributed by atoms with E-state index in [0.29, 0.717) is 23.7 Å². The number of carbonyl (C=O) groups excluding carboxylic acids is 3. The molecule has 34 heavy (non-hydrogen) atoms. The molecule has 5 rings (SSSR count). The molecule has 1 aromatic rings. The van der Waals surface area contributed by atoms with Crippen molar-refractivity contribution in [3.63, 3.8) is 0 Å². The number of aliphatic hydroxyl groups excluding tert-OH is 1. The summed E-state index contributed by atoms with van der Waals surface area (Å²) in [5.74, 6) is -2.43. The van der Waals surface area contributed by atoms with Crippen LogP contribution in [0.25, 0.3) is 0 Å². The summed E-state index contributed by atoms with van der Waals surface area (Å²) < 4.78 is 0. The molecule has 0 unspecified atom stereocenters. The normalized spacial score (nSPS) is 27.7. The summed E-state index contributed by atoms with van der Waals surface area (Å²) in [6, 6.07) is -0.327. The molecule has 2 amide bonds. The van der Waals surface area contributed by atoms with E-state index in [9.17, 15) is 24.6 Å². The van der Waals surface area contributed by atoms with Crippen molar-refractivity contribution in [2.75, 3.05) is 31.1 Å². The molecule has 4 aliphatic heterocycles. The number of β-lactam (4-membered cyclic amide) rings is 1. The van der Waals surface area contributed by atoms with Gasteiger partial charge in [0.2, 0.25) is 5.91 Å². The number of rotatable bonds is 6. The maximum absolute atomic E-state index is 12.7. The third-order valence-corrected chi connectivity index (χ3v) is 9.42. The van der Waals surface area contributed by atoms with Crippen molar-refractivity contribution in [3.8, 4) is 0 Å². The number of aliphatic hydroxyl groups is 1. The number of likely N-dealkylation sites (tertiary alicyclic amines) is 1. The second-order valence-corrected chi connectivity index (χ2v) is 11.4. The maximum Gasteiger partial charge on any atom is 1.00 e. The third-order valence-electron chi connectivity index (χ3n) is 7.07. The SMILES string of the molecule is C[C@@H](O)[C@H]1C(=O)N2C(C(=O)[O-])=C(SC3CN(c4nc(C(=O)N5CCCCC5)cs4)C3)[C@H](C)[C@H]12.[Na+]. The van der Waals surface area contributed by atoms with Crippen molar-refractivity contribution in [2.45, 2.75) is 50.5 Å².